The van der Waals surface area contributed by atoms with Gasteiger partial charge in [-0.1, -0.05) is 29.8 Å². The van der Waals surface area contributed by atoms with Crippen LogP contribution in [0.25, 0.3) is 0 Å². The third-order valence-corrected chi connectivity index (χ3v) is 3.39. The van der Waals surface area contributed by atoms with Gasteiger partial charge >= 0.3 is 0 Å². The van der Waals surface area contributed by atoms with E-state index in [4.69, 9.17) is 17.3 Å². The van der Waals surface area contributed by atoms with Gasteiger partial charge in [-0.2, -0.15) is 0 Å². The normalized spacial score (nSPS) is 12.2. The second-order valence-electron chi connectivity index (χ2n) is 4.41. The molecule has 0 heterocycles. The molecule has 0 saturated heterocycles. The van der Waals surface area contributed by atoms with Crippen LogP contribution in [0.15, 0.2) is 42.5 Å². The summed E-state index contributed by atoms with van der Waals surface area (Å²) in [6.07, 6.45) is 0. The Hall–Kier alpha value is -1.58. The molecular weight excluding hydrogens is 263 g/mol. The minimum Gasteiger partial charge on any atom is -0.376 e. The van der Waals surface area contributed by atoms with Crippen molar-refractivity contribution in [2.24, 2.45) is 5.73 Å². The number of anilines is 1. The highest BCUT2D eigenvalue weighted by molar-refractivity contribution is 6.33. The Morgan fingerprint density at radius 1 is 1.26 bits per heavy atom. The van der Waals surface area contributed by atoms with Gasteiger partial charge in [-0.25, -0.2) is 4.39 Å². The van der Waals surface area contributed by atoms with Crippen molar-refractivity contribution >= 4 is 17.3 Å². The van der Waals surface area contributed by atoms with Gasteiger partial charge in [0.1, 0.15) is 5.82 Å². The van der Waals surface area contributed by atoms with Crippen molar-refractivity contribution in [3.63, 3.8) is 0 Å². The van der Waals surface area contributed by atoms with Gasteiger partial charge in [-0.3, -0.25) is 0 Å². The van der Waals surface area contributed by atoms with E-state index in [0.717, 1.165) is 16.8 Å². The molecule has 0 saturated carbocycles. The van der Waals surface area contributed by atoms with Crippen LogP contribution in [0.5, 0.6) is 0 Å². The molecule has 19 heavy (non-hydrogen) atoms. The maximum atomic E-state index is 13.4. The molecule has 0 aliphatic carbocycles. The van der Waals surface area contributed by atoms with Crippen LogP contribution in [-0.2, 0) is 0 Å². The van der Waals surface area contributed by atoms with Gasteiger partial charge in [0.25, 0.3) is 0 Å². The quantitative estimate of drug-likeness (QED) is 0.890. The first-order valence-corrected chi connectivity index (χ1v) is 6.47. The van der Waals surface area contributed by atoms with Gasteiger partial charge in [0, 0.05) is 6.54 Å². The summed E-state index contributed by atoms with van der Waals surface area (Å²) in [6.45, 7) is 2.29. The summed E-state index contributed by atoms with van der Waals surface area (Å²) in [4.78, 5) is 0. The fraction of sp³-hybridized carbons (Fsp3) is 0.200. The third-order valence-electron chi connectivity index (χ3n) is 3.06. The zero-order valence-corrected chi connectivity index (χ0v) is 11.4. The highest BCUT2D eigenvalue weighted by atomic mass is 35.5. The molecule has 3 N–H and O–H groups in total. The number of hydrogen-bond acceptors (Lipinski definition) is 2. The number of benzene rings is 2. The summed E-state index contributed by atoms with van der Waals surface area (Å²) in [7, 11) is 0. The van der Waals surface area contributed by atoms with Gasteiger partial charge in [-0.15, -0.1) is 0 Å². The SMILES string of the molecule is Cc1ccc(F)cc1C(CN)Nc1ccccc1Cl. The van der Waals surface area contributed by atoms with Crippen molar-refractivity contribution in [3.8, 4) is 0 Å². The molecule has 0 bridgehead atoms. The van der Waals surface area contributed by atoms with E-state index in [1.54, 1.807) is 12.1 Å². The van der Waals surface area contributed by atoms with Crippen LogP contribution < -0.4 is 11.1 Å². The second-order valence-corrected chi connectivity index (χ2v) is 4.82. The molecule has 0 aliphatic heterocycles. The Kier molecular flexibility index (Phi) is 4.40. The van der Waals surface area contributed by atoms with Crippen LogP contribution in [0.3, 0.4) is 0 Å². The van der Waals surface area contributed by atoms with Crippen LogP contribution in [0, 0.1) is 12.7 Å². The first kappa shape index (κ1) is 13.8. The molecule has 100 valence electrons. The topological polar surface area (TPSA) is 38.0 Å². The van der Waals surface area contributed by atoms with E-state index in [1.807, 2.05) is 25.1 Å². The lowest BCUT2D eigenvalue weighted by atomic mass is 10.0. The molecule has 4 heteroatoms. The maximum Gasteiger partial charge on any atom is 0.123 e. The molecule has 0 radical (unpaired) electrons. The minimum absolute atomic E-state index is 0.171. The van der Waals surface area contributed by atoms with Gasteiger partial charge in [0.05, 0.1) is 16.8 Å². The molecule has 0 aliphatic rings. The average Bonchev–Trinajstić information content (AvgIpc) is 2.41. The Morgan fingerprint density at radius 2 is 2.00 bits per heavy atom. The first-order valence-electron chi connectivity index (χ1n) is 6.09. The standard InChI is InChI=1S/C15H16ClFN2/c1-10-6-7-11(17)8-12(10)15(9-18)19-14-5-3-2-4-13(14)16/h2-8,15,19H,9,18H2,1H3. The van der Waals surface area contributed by atoms with E-state index in [0.29, 0.717) is 11.6 Å². The molecule has 1 atom stereocenters. The minimum atomic E-state index is -0.264. The molecule has 0 aromatic heterocycles. The van der Waals surface area contributed by atoms with Crippen molar-refractivity contribution in [3.05, 3.63) is 64.4 Å². The van der Waals surface area contributed by atoms with Crippen LogP contribution >= 0.6 is 11.6 Å². The maximum absolute atomic E-state index is 13.4. The Labute approximate surface area is 117 Å². The Balaban J connectivity index is 2.30. The highest BCUT2D eigenvalue weighted by Crippen LogP contribution is 2.27. The summed E-state index contributed by atoms with van der Waals surface area (Å²) < 4.78 is 13.4. The Morgan fingerprint density at radius 3 is 2.68 bits per heavy atom. The largest absolute Gasteiger partial charge is 0.376 e. The highest BCUT2D eigenvalue weighted by Gasteiger charge is 2.14. The number of nitrogens with two attached hydrogens (primary N) is 1. The molecule has 2 rings (SSSR count). The van der Waals surface area contributed by atoms with E-state index in [-0.39, 0.29) is 11.9 Å². The van der Waals surface area contributed by atoms with E-state index < -0.39 is 0 Å². The fourth-order valence-corrected chi connectivity index (χ4v) is 2.21. The molecule has 2 aromatic carbocycles. The zero-order chi connectivity index (χ0) is 13.8. The Bertz CT molecular complexity index is 572. The van der Waals surface area contributed by atoms with E-state index in [2.05, 4.69) is 5.32 Å². The predicted molar refractivity (Wildman–Crippen MR) is 78.0 cm³/mol. The summed E-state index contributed by atoms with van der Waals surface area (Å²) in [6, 6.07) is 12.0. The fourth-order valence-electron chi connectivity index (χ4n) is 2.02. The smallest absolute Gasteiger partial charge is 0.123 e. The lowest BCUT2D eigenvalue weighted by molar-refractivity contribution is 0.621. The molecule has 0 spiro atoms. The second kappa shape index (κ2) is 6.04. The van der Waals surface area contributed by atoms with Crippen molar-refractivity contribution in [1.29, 1.82) is 0 Å². The molecule has 2 aromatic rings. The van der Waals surface area contributed by atoms with Crippen molar-refractivity contribution in [2.45, 2.75) is 13.0 Å². The molecule has 0 fully saturated rings. The van der Waals surface area contributed by atoms with Gasteiger partial charge in [0.2, 0.25) is 0 Å². The predicted octanol–water partition coefficient (Wildman–Crippen LogP) is 3.90. The van der Waals surface area contributed by atoms with Gasteiger partial charge < -0.3 is 11.1 Å². The number of nitrogens with one attached hydrogen (secondary N) is 1. The monoisotopic (exact) mass is 278 g/mol. The van der Waals surface area contributed by atoms with E-state index in [9.17, 15) is 4.39 Å². The number of para-hydroxylation sites is 1. The van der Waals surface area contributed by atoms with Crippen molar-refractivity contribution in [1.82, 2.24) is 0 Å². The number of halogens is 2. The lowest BCUT2D eigenvalue weighted by Gasteiger charge is -2.21. The molecule has 1 unspecified atom stereocenters. The summed E-state index contributed by atoms with van der Waals surface area (Å²) in [5, 5.41) is 3.88. The summed E-state index contributed by atoms with van der Waals surface area (Å²) >= 11 is 6.11. The number of aryl methyl sites for hydroxylation is 1. The van der Waals surface area contributed by atoms with Gasteiger partial charge in [0.15, 0.2) is 0 Å². The van der Waals surface area contributed by atoms with Crippen molar-refractivity contribution < 1.29 is 4.39 Å². The lowest BCUT2D eigenvalue weighted by Crippen LogP contribution is -2.21. The van der Waals surface area contributed by atoms with E-state index in [1.165, 1.54) is 12.1 Å². The van der Waals surface area contributed by atoms with Gasteiger partial charge in [-0.05, 0) is 42.3 Å². The van der Waals surface area contributed by atoms with Crippen molar-refractivity contribution in [2.75, 3.05) is 11.9 Å². The van der Waals surface area contributed by atoms with Crippen LogP contribution in [-0.4, -0.2) is 6.54 Å². The summed E-state index contributed by atoms with van der Waals surface area (Å²) in [5.74, 6) is -0.264. The molecular formula is C15H16ClFN2. The van der Waals surface area contributed by atoms with Crippen LogP contribution in [0.2, 0.25) is 5.02 Å². The van der Waals surface area contributed by atoms with Crippen LogP contribution in [0.1, 0.15) is 17.2 Å². The molecule has 0 amide bonds. The average molecular weight is 279 g/mol. The van der Waals surface area contributed by atoms with E-state index >= 15 is 0 Å². The van der Waals surface area contributed by atoms with Crippen LogP contribution in [0.4, 0.5) is 10.1 Å². The molecule has 2 nitrogen and oxygen atoms in total. The third kappa shape index (κ3) is 3.25. The first-order chi connectivity index (χ1) is 9.11. The summed E-state index contributed by atoms with van der Waals surface area (Å²) in [5.41, 5.74) is 8.43. The number of rotatable bonds is 4. The number of hydrogen-bond donors (Lipinski definition) is 2. The zero-order valence-electron chi connectivity index (χ0n) is 10.7.